The number of rotatable bonds is 5. The Kier molecular flexibility index (Phi) is 5.97. The summed E-state index contributed by atoms with van der Waals surface area (Å²) in [7, 11) is 0. The van der Waals surface area contributed by atoms with Gasteiger partial charge in [-0.25, -0.2) is 4.79 Å². The summed E-state index contributed by atoms with van der Waals surface area (Å²) >= 11 is 1.43. The number of anilines is 1. The standard InChI is InChI=1S/C17H14F3NO3S/c1-11(24-15(22)8-7-14-6-3-9-25-14)16(23)21-13-5-2-4-12(10-13)17(18,19)20/h2-11H,1H3,(H,21,23)/b8-7+/t11-/m0/s1. The maximum atomic E-state index is 12.6. The van der Waals surface area contributed by atoms with Gasteiger partial charge in [0.1, 0.15) is 0 Å². The zero-order valence-electron chi connectivity index (χ0n) is 13.0. The average Bonchev–Trinajstić information content (AvgIpc) is 3.05. The first-order valence-electron chi connectivity index (χ1n) is 7.16. The highest BCUT2D eigenvalue weighted by Crippen LogP contribution is 2.30. The molecule has 1 aromatic heterocycles. The van der Waals surface area contributed by atoms with E-state index in [1.165, 1.54) is 36.5 Å². The van der Waals surface area contributed by atoms with Gasteiger partial charge in [-0.05, 0) is 42.6 Å². The van der Waals surface area contributed by atoms with Crippen LogP contribution in [0.2, 0.25) is 0 Å². The highest BCUT2D eigenvalue weighted by molar-refractivity contribution is 7.10. The van der Waals surface area contributed by atoms with Crippen molar-refractivity contribution in [1.82, 2.24) is 0 Å². The van der Waals surface area contributed by atoms with Crippen LogP contribution < -0.4 is 5.32 Å². The van der Waals surface area contributed by atoms with Crippen molar-refractivity contribution in [2.75, 3.05) is 5.32 Å². The van der Waals surface area contributed by atoms with Gasteiger partial charge in [0.15, 0.2) is 6.10 Å². The van der Waals surface area contributed by atoms with Crippen molar-refractivity contribution in [3.63, 3.8) is 0 Å². The molecule has 1 atom stereocenters. The molecule has 4 nitrogen and oxygen atoms in total. The van der Waals surface area contributed by atoms with E-state index in [0.29, 0.717) is 0 Å². The van der Waals surface area contributed by atoms with Gasteiger partial charge < -0.3 is 10.1 Å². The molecular formula is C17H14F3NO3S. The molecule has 2 aromatic rings. The van der Waals surface area contributed by atoms with E-state index in [-0.39, 0.29) is 5.69 Å². The van der Waals surface area contributed by atoms with Gasteiger partial charge in [0.2, 0.25) is 0 Å². The second kappa shape index (κ2) is 7.98. The molecule has 1 aromatic carbocycles. The van der Waals surface area contributed by atoms with Crippen LogP contribution in [-0.4, -0.2) is 18.0 Å². The second-order valence-electron chi connectivity index (χ2n) is 5.00. The number of hydrogen-bond acceptors (Lipinski definition) is 4. The Balaban J connectivity index is 1.93. The van der Waals surface area contributed by atoms with E-state index in [1.54, 1.807) is 12.1 Å². The number of nitrogens with one attached hydrogen (secondary N) is 1. The Morgan fingerprint density at radius 1 is 1.24 bits per heavy atom. The third-order valence-electron chi connectivity index (χ3n) is 3.05. The van der Waals surface area contributed by atoms with E-state index >= 15 is 0 Å². The summed E-state index contributed by atoms with van der Waals surface area (Å²) in [5.74, 6) is -1.45. The molecule has 0 aliphatic heterocycles. The first kappa shape index (κ1) is 18.7. The number of benzene rings is 1. The zero-order chi connectivity index (χ0) is 18.4. The highest BCUT2D eigenvalue weighted by Gasteiger charge is 2.30. The van der Waals surface area contributed by atoms with Crippen molar-refractivity contribution >= 4 is 35.0 Å². The van der Waals surface area contributed by atoms with Crippen molar-refractivity contribution in [3.8, 4) is 0 Å². The fourth-order valence-corrected chi connectivity index (χ4v) is 2.44. The number of amides is 1. The molecule has 0 saturated carbocycles. The van der Waals surface area contributed by atoms with Gasteiger partial charge in [0, 0.05) is 16.6 Å². The summed E-state index contributed by atoms with van der Waals surface area (Å²) in [6.07, 6.45) is -2.94. The zero-order valence-corrected chi connectivity index (χ0v) is 13.9. The Morgan fingerprint density at radius 3 is 2.64 bits per heavy atom. The minimum atomic E-state index is -4.51. The predicted molar refractivity (Wildman–Crippen MR) is 89.0 cm³/mol. The summed E-state index contributed by atoms with van der Waals surface area (Å²) in [6, 6.07) is 7.83. The van der Waals surface area contributed by atoms with Crippen LogP contribution in [0.5, 0.6) is 0 Å². The van der Waals surface area contributed by atoms with Crippen LogP contribution in [0, 0.1) is 0 Å². The third kappa shape index (κ3) is 5.75. The van der Waals surface area contributed by atoms with Crippen molar-refractivity contribution in [1.29, 1.82) is 0 Å². The number of hydrogen-bond donors (Lipinski definition) is 1. The lowest BCUT2D eigenvalue weighted by Gasteiger charge is -2.13. The number of ether oxygens (including phenoxy) is 1. The van der Waals surface area contributed by atoms with Gasteiger partial charge in [0.05, 0.1) is 5.56 Å². The molecule has 132 valence electrons. The van der Waals surface area contributed by atoms with Crippen molar-refractivity contribution in [2.45, 2.75) is 19.2 Å². The fraction of sp³-hybridized carbons (Fsp3) is 0.176. The highest BCUT2D eigenvalue weighted by atomic mass is 32.1. The molecule has 1 heterocycles. The SMILES string of the molecule is C[C@H](OC(=O)/C=C/c1cccs1)C(=O)Nc1cccc(C(F)(F)F)c1. The van der Waals surface area contributed by atoms with E-state index in [9.17, 15) is 22.8 Å². The van der Waals surface area contributed by atoms with Gasteiger partial charge in [-0.1, -0.05) is 12.1 Å². The smallest absolute Gasteiger partial charge is 0.416 e. The minimum absolute atomic E-state index is 0.0307. The lowest BCUT2D eigenvalue weighted by atomic mass is 10.2. The van der Waals surface area contributed by atoms with Crippen LogP contribution in [0.15, 0.2) is 47.9 Å². The molecule has 0 spiro atoms. The summed E-state index contributed by atoms with van der Waals surface area (Å²) in [5.41, 5.74) is -0.911. The van der Waals surface area contributed by atoms with E-state index in [1.807, 2.05) is 11.4 Å². The lowest BCUT2D eigenvalue weighted by molar-refractivity contribution is -0.148. The molecule has 8 heteroatoms. The van der Waals surface area contributed by atoms with Crippen molar-refractivity contribution in [2.24, 2.45) is 0 Å². The number of carbonyl (C=O) groups is 2. The monoisotopic (exact) mass is 369 g/mol. The van der Waals surface area contributed by atoms with Crippen LogP contribution >= 0.6 is 11.3 Å². The Morgan fingerprint density at radius 2 is 2.00 bits per heavy atom. The molecule has 0 saturated heterocycles. The molecule has 1 N–H and O–H groups in total. The summed E-state index contributed by atoms with van der Waals surface area (Å²) in [6.45, 7) is 1.33. The van der Waals surface area contributed by atoms with Gasteiger partial charge in [-0.15, -0.1) is 11.3 Å². The molecule has 0 bridgehead atoms. The minimum Gasteiger partial charge on any atom is -0.449 e. The maximum absolute atomic E-state index is 12.6. The fourth-order valence-electron chi connectivity index (χ4n) is 1.82. The predicted octanol–water partition coefficient (Wildman–Crippen LogP) is 4.35. The first-order valence-corrected chi connectivity index (χ1v) is 8.04. The molecule has 0 aliphatic carbocycles. The van der Waals surface area contributed by atoms with Crippen LogP contribution in [-0.2, 0) is 20.5 Å². The van der Waals surface area contributed by atoms with Gasteiger partial charge >= 0.3 is 12.1 Å². The molecule has 0 fully saturated rings. The number of esters is 1. The molecule has 25 heavy (non-hydrogen) atoms. The van der Waals surface area contributed by atoms with Crippen molar-refractivity contribution in [3.05, 3.63) is 58.3 Å². The largest absolute Gasteiger partial charge is 0.449 e. The van der Waals surface area contributed by atoms with Gasteiger partial charge in [0.25, 0.3) is 5.91 Å². The van der Waals surface area contributed by atoms with Crippen molar-refractivity contribution < 1.29 is 27.5 Å². The molecule has 1 amide bonds. The maximum Gasteiger partial charge on any atom is 0.416 e. The quantitative estimate of drug-likeness (QED) is 0.630. The van der Waals surface area contributed by atoms with E-state index in [2.05, 4.69) is 5.32 Å². The summed E-state index contributed by atoms with van der Waals surface area (Å²) < 4.78 is 42.9. The normalized spacial score (nSPS) is 12.8. The van der Waals surface area contributed by atoms with Crippen LogP contribution in [0.4, 0.5) is 18.9 Å². The van der Waals surface area contributed by atoms with Gasteiger partial charge in [-0.3, -0.25) is 4.79 Å². The molecule has 0 aliphatic rings. The number of alkyl halides is 3. The average molecular weight is 369 g/mol. The second-order valence-corrected chi connectivity index (χ2v) is 5.97. The number of thiophene rings is 1. The molecule has 0 unspecified atom stereocenters. The summed E-state index contributed by atoms with van der Waals surface area (Å²) in [4.78, 5) is 24.5. The van der Waals surface area contributed by atoms with E-state index in [0.717, 1.165) is 17.0 Å². The number of halogens is 3. The third-order valence-corrected chi connectivity index (χ3v) is 3.88. The molecule has 0 radical (unpaired) electrons. The topological polar surface area (TPSA) is 55.4 Å². The van der Waals surface area contributed by atoms with E-state index < -0.39 is 29.7 Å². The molecule has 2 rings (SSSR count). The Labute approximate surface area is 145 Å². The Hall–Kier alpha value is -2.61. The number of carbonyl (C=O) groups excluding carboxylic acids is 2. The van der Waals surface area contributed by atoms with E-state index in [4.69, 9.17) is 4.74 Å². The van der Waals surface area contributed by atoms with Gasteiger partial charge in [-0.2, -0.15) is 13.2 Å². The first-order chi connectivity index (χ1) is 11.8. The summed E-state index contributed by atoms with van der Waals surface area (Å²) in [5, 5.41) is 4.13. The Bertz CT molecular complexity index is 770. The molecular weight excluding hydrogens is 355 g/mol. The lowest BCUT2D eigenvalue weighted by Crippen LogP contribution is -2.29. The van der Waals surface area contributed by atoms with Crippen LogP contribution in [0.3, 0.4) is 0 Å². The van der Waals surface area contributed by atoms with Crippen LogP contribution in [0.1, 0.15) is 17.4 Å². The van der Waals surface area contributed by atoms with Crippen LogP contribution in [0.25, 0.3) is 6.08 Å².